The number of hydrogen-bond donors (Lipinski definition) is 1. The molecular weight excluding hydrogens is 331 g/mol. The fourth-order valence-corrected chi connectivity index (χ4v) is 4.03. The van der Waals surface area contributed by atoms with Gasteiger partial charge in [0.2, 0.25) is 15.9 Å². The van der Waals surface area contributed by atoms with E-state index in [-0.39, 0.29) is 29.3 Å². The van der Waals surface area contributed by atoms with Crippen LogP contribution in [0.3, 0.4) is 0 Å². The zero-order valence-electron chi connectivity index (χ0n) is 13.1. The van der Waals surface area contributed by atoms with E-state index in [4.69, 9.17) is 0 Å². The number of rotatable bonds is 4. The molecule has 5 nitrogen and oxygen atoms in total. The molecule has 1 aliphatic rings. The summed E-state index contributed by atoms with van der Waals surface area (Å²) in [6, 6.07) is 12.2. The van der Waals surface area contributed by atoms with Gasteiger partial charge in [-0.25, -0.2) is 17.5 Å². The number of benzene rings is 2. The molecule has 24 heavy (non-hydrogen) atoms. The lowest BCUT2D eigenvalue weighted by molar-refractivity contribution is -0.117. The molecular formula is C17H17FN2O3S. The summed E-state index contributed by atoms with van der Waals surface area (Å²) >= 11 is 0. The van der Waals surface area contributed by atoms with Gasteiger partial charge in [-0.2, -0.15) is 0 Å². The van der Waals surface area contributed by atoms with Crippen molar-refractivity contribution in [3.63, 3.8) is 0 Å². The zero-order chi connectivity index (χ0) is 17.3. The fraction of sp³-hybridized carbons (Fsp3) is 0.235. The molecule has 7 heteroatoms. The van der Waals surface area contributed by atoms with Crippen molar-refractivity contribution in [1.29, 1.82) is 0 Å². The van der Waals surface area contributed by atoms with Gasteiger partial charge in [0.1, 0.15) is 5.82 Å². The van der Waals surface area contributed by atoms with Crippen LogP contribution in [0.5, 0.6) is 0 Å². The largest absolute Gasteiger partial charge is 0.311 e. The summed E-state index contributed by atoms with van der Waals surface area (Å²) in [4.78, 5) is 13.7. The number of hydrogen-bond acceptors (Lipinski definition) is 3. The highest BCUT2D eigenvalue weighted by Crippen LogP contribution is 2.22. The first-order valence-corrected chi connectivity index (χ1v) is 8.99. The molecule has 0 aromatic heterocycles. The summed E-state index contributed by atoms with van der Waals surface area (Å²) in [5.74, 6) is -0.593. The number of aryl methyl sites for hydroxylation is 1. The minimum atomic E-state index is -3.81. The average molecular weight is 348 g/mol. The van der Waals surface area contributed by atoms with Gasteiger partial charge >= 0.3 is 0 Å². The first-order valence-electron chi connectivity index (χ1n) is 7.51. The SMILES string of the molecule is Cc1cc(S(=O)(=O)NC2CC(=O)N(c3ccccc3)C2)ccc1F. The summed E-state index contributed by atoms with van der Waals surface area (Å²) in [5.41, 5.74) is 0.994. The van der Waals surface area contributed by atoms with E-state index in [0.717, 1.165) is 11.8 Å². The Kier molecular flexibility index (Phi) is 4.38. The van der Waals surface area contributed by atoms with Crippen LogP contribution in [0.2, 0.25) is 0 Å². The van der Waals surface area contributed by atoms with Crippen molar-refractivity contribution in [3.8, 4) is 0 Å². The molecule has 0 saturated carbocycles. The second-order valence-electron chi connectivity index (χ2n) is 5.77. The number of sulfonamides is 1. The summed E-state index contributed by atoms with van der Waals surface area (Å²) in [6.45, 7) is 1.77. The molecule has 2 aromatic carbocycles. The molecule has 0 radical (unpaired) electrons. The maximum absolute atomic E-state index is 13.3. The highest BCUT2D eigenvalue weighted by Gasteiger charge is 2.33. The van der Waals surface area contributed by atoms with E-state index in [1.54, 1.807) is 17.0 Å². The van der Waals surface area contributed by atoms with Crippen molar-refractivity contribution < 1.29 is 17.6 Å². The molecule has 1 unspecified atom stereocenters. The number of halogens is 1. The predicted molar refractivity (Wildman–Crippen MR) is 88.7 cm³/mol. The number of carbonyl (C=O) groups excluding carboxylic acids is 1. The van der Waals surface area contributed by atoms with Crippen LogP contribution in [0, 0.1) is 12.7 Å². The van der Waals surface area contributed by atoms with E-state index in [9.17, 15) is 17.6 Å². The van der Waals surface area contributed by atoms with Crippen LogP contribution in [-0.4, -0.2) is 26.9 Å². The van der Waals surface area contributed by atoms with Gasteiger partial charge in [0.05, 0.1) is 4.90 Å². The number of nitrogens with one attached hydrogen (secondary N) is 1. The van der Waals surface area contributed by atoms with Crippen LogP contribution < -0.4 is 9.62 Å². The number of carbonyl (C=O) groups is 1. The van der Waals surface area contributed by atoms with Crippen molar-refractivity contribution >= 4 is 21.6 Å². The molecule has 1 atom stereocenters. The molecule has 3 rings (SSSR count). The van der Waals surface area contributed by atoms with Crippen molar-refractivity contribution in [2.75, 3.05) is 11.4 Å². The van der Waals surface area contributed by atoms with Crippen LogP contribution in [0.15, 0.2) is 53.4 Å². The molecule has 126 valence electrons. The normalized spacial score (nSPS) is 18.2. The van der Waals surface area contributed by atoms with Gasteiger partial charge in [-0.1, -0.05) is 18.2 Å². The topological polar surface area (TPSA) is 66.5 Å². The smallest absolute Gasteiger partial charge is 0.240 e. The van der Waals surface area contributed by atoms with Gasteiger partial charge in [0.25, 0.3) is 0 Å². The second kappa shape index (κ2) is 6.33. The summed E-state index contributed by atoms with van der Waals surface area (Å²) in [5, 5.41) is 0. The third kappa shape index (κ3) is 3.32. The Hall–Kier alpha value is -2.25. The van der Waals surface area contributed by atoms with Gasteiger partial charge < -0.3 is 4.90 Å². The van der Waals surface area contributed by atoms with Crippen LogP contribution in [-0.2, 0) is 14.8 Å². The van der Waals surface area contributed by atoms with Crippen molar-refractivity contribution in [2.24, 2.45) is 0 Å². The Labute approximate surface area is 140 Å². The molecule has 1 heterocycles. The molecule has 1 aliphatic heterocycles. The van der Waals surface area contributed by atoms with E-state index >= 15 is 0 Å². The Bertz CT molecular complexity index is 869. The highest BCUT2D eigenvalue weighted by atomic mass is 32.2. The number of para-hydroxylation sites is 1. The number of anilines is 1. The monoisotopic (exact) mass is 348 g/mol. The van der Waals surface area contributed by atoms with Crippen molar-refractivity contribution in [1.82, 2.24) is 4.72 Å². The average Bonchev–Trinajstić information content (AvgIpc) is 2.90. The fourth-order valence-electron chi connectivity index (χ4n) is 2.72. The first-order chi connectivity index (χ1) is 11.4. The Morgan fingerprint density at radius 1 is 1.17 bits per heavy atom. The first kappa shape index (κ1) is 16.6. The maximum atomic E-state index is 13.3. The minimum Gasteiger partial charge on any atom is -0.311 e. The third-order valence-electron chi connectivity index (χ3n) is 3.95. The Balaban J connectivity index is 1.76. The van der Waals surface area contributed by atoms with E-state index in [2.05, 4.69) is 4.72 Å². The molecule has 2 aromatic rings. The quantitative estimate of drug-likeness (QED) is 0.921. The van der Waals surface area contributed by atoms with E-state index < -0.39 is 21.9 Å². The van der Waals surface area contributed by atoms with Gasteiger partial charge in [0, 0.05) is 24.7 Å². The molecule has 0 bridgehead atoms. The van der Waals surface area contributed by atoms with Gasteiger partial charge in [-0.05, 0) is 42.8 Å². The van der Waals surface area contributed by atoms with Crippen molar-refractivity contribution in [3.05, 3.63) is 59.9 Å². The highest BCUT2D eigenvalue weighted by molar-refractivity contribution is 7.89. The molecule has 1 fully saturated rings. The zero-order valence-corrected chi connectivity index (χ0v) is 13.9. The molecule has 1 amide bonds. The summed E-state index contributed by atoms with van der Waals surface area (Å²) in [7, 11) is -3.81. The van der Waals surface area contributed by atoms with Crippen LogP contribution in [0.4, 0.5) is 10.1 Å². The second-order valence-corrected chi connectivity index (χ2v) is 7.49. The lowest BCUT2D eigenvalue weighted by atomic mass is 10.2. The number of nitrogens with zero attached hydrogens (tertiary/aromatic N) is 1. The predicted octanol–water partition coefficient (Wildman–Crippen LogP) is 2.22. The molecule has 1 saturated heterocycles. The Morgan fingerprint density at radius 2 is 1.88 bits per heavy atom. The lowest BCUT2D eigenvalue weighted by Gasteiger charge is -2.17. The van der Waals surface area contributed by atoms with Crippen molar-refractivity contribution in [2.45, 2.75) is 24.3 Å². The van der Waals surface area contributed by atoms with Gasteiger partial charge in [0.15, 0.2) is 0 Å². The molecule has 0 aliphatic carbocycles. The summed E-state index contributed by atoms with van der Waals surface area (Å²) in [6.07, 6.45) is 0.0916. The standard InChI is InChI=1S/C17H17FN2O3S/c1-12-9-15(7-8-16(12)18)24(22,23)19-13-10-17(21)20(11-13)14-5-3-2-4-6-14/h2-9,13,19H,10-11H2,1H3. The minimum absolute atomic E-state index is 0.00740. The number of amides is 1. The molecule has 0 spiro atoms. The lowest BCUT2D eigenvalue weighted by Crippen LogP contribution is -2.37. The van der Waals surface area contributed by atoms with Crippen LogP contribution >= 0.6 is 0 Å². The maximum Gasteiger partial charge on any atom is 0.240 e. The van der Waals surface area contributed by atoms with Gasteiger partial charge in [-0.3, -0.25) is 4.79 Å². The van der Waals surface area contributed by atoms with E-state index in [1.807, 2.05) is 18.2 Å². The van der Waals surface area contributed by atoms with Gasteiger partial charge in [-0.15, -0.1) is 0 Å². The summed E-state index contributed by atoms with van der Waals surface area (Å²) < 4.78 is 40.7. The van der Waals surface area contributed by atoms with Crippen LogP contribution in [0.25, 0.3) is 0 Å². The van der Waals surface area contributed by atoms with E-state index in [0.29, 0.717) is 0 Å². The third-order valence-corrected chi connectivity index (χ3v) is 5.47. The Morgan fingerprint density at radius 3 is 2.54 bits per heavy atom. The van der Waals surface area contributed by atoms with Crippen LogP contribution in [0.1, 0.15) is 12.0 Å². The van der Waals surface area contributed by atoms with E-state index in [1.165, 1.54) is 19.1 Å². The molecule has 1 N–H and O–H groups in total.